The van der Waals surface area contributed by atoms with E-state index in [1.807, 2.05) is 0 Å². The molecule has 1 aromatic rings. The van der Waals surface area contributed by atoms with Gasteiger partial charge in [-0.2, -0.15) is 13.2 Å². The highest BCUT2D eigenvalue weighted by Crippen LogP contribution is 2.13. The Morgan fingerprint density at radius 1 is 1.11 bits per heavy atom. The van der Waals surface area contributed by atoms with Gasteiger partial charge in [0.15, 0.2) is 9.84 Å². The van der Waals surface area contributed by atoms with E-state index in [1.54, 1.807) is 12.1 Å². The number of carbonyl (C=O) groups is 3. The predicted molar refractivity (Wildman–Crippen MR) is 88.1 cm³/mol. The predicted octanol–water partition coefficient (Wildman–Crippen LogP) is 0.995. The van der Waals surface area contributed by atoms with Crippen LogP contribution in [-0.2, 0) is 30.8 Å². The van der Waals surface area contributed by atoms with Gasteiger partial charge in [0.2, 0.25) is 11.8 Å². The second-order valence-corrected chi connectivity index (χ2v) is 7.33. The van der Waals surface area contributed by atoms with Crippen LogP contribution in [0, 0.1) is 0 Å². The summed E-state index contributed by atoms with van der Waals surface area (Å²) in [4.78, 5) is 31.1. The molecule has 8 nitrogen and oxygen atoms in total. The molecule has 12 heteroatoms. The van der Waals surface area contributed by atoms with Gasteiger partial charge in [-0.05, 0) is 24.1 Å². The Morgan fingerprint density at radius 2 is 1.59 bits per heavy atom. The van der Waals surface area contributed by atoms with E-state index in [1.165, 1.54) is 12.1 Å². The number of carboxylic acid groups (broad SMARTS) is 1. The molecule has 0 radical (unpaired) electrons. The summed E-state index contributed by atoms with van der Waals surface area (Å²) in [6, 6.07) is 6.31. The molecular formula is C15H19F3N2O6S. The number of alkyl halides is 3. The lowest BCUT2D eigenvalue weighted by molar-refractivity contribution is -0.192. The molecule has 0 aliphatic rings. The van der Waals surface area contributed by atoms with Gasteiger partial charge in [0.25, 0.3) is 0 Å². The fourth-order valence-corrected chi connectivity index (χ4v) is 2.20. The number of amides is 2. The van der Waals surface area contributed by atoms with E-state index < -0.39 is 27.9 Å². The summed E-state index contributed by atoms with van der Waals surface area (Å²) in [7, 11) is -3.20. The van der Waals surface area contributed by atoms with Crippen LogP contribution in [0.3, 0.4) is 0 Å². The van der Waals surface area contributed by atoms with E-state index in [0.29, 0.717) is 13.0 Å². The number of primary amides is 1. The van der Waals surface area contributed by atoms with Crippen molar-refractivity contribution in [1.29, 1.82) is 0 Å². The molecule has 0 saturated heterocycles. The molecule has 27 heavy (non-hydrogen) atoms. The fraction of sp³-hybridized carbons (Fsp3) is 0.400. The Kier molecular flexibility index (Phi) is 9.48. The van der Waals surface area contributed by atoms with Crippen molar-refractivity contribution < 1.29 is 41.1 Å². The quantitative estimate of drug-likeness (QED) is 0.609. The van der Waals surface area contributed by atoms with Crippen molar-refractivity contribution in [2.75, 3.05) is 6.26 Å². The zero-order chi connectivity index (χ0) is 21.3. The highest BCUT2D eigenvalue weighted by atomic mass is 32.2. The summed E-state index contributed by atoms with van der Waals surface area (Å²) in [6.07, 6.45) is -3.09. The Hall–Kier alpha value is -2.63. The lowest BCUT2D eigenvalue weighted by atomic mass is 10.2. The van der Waals surface area contributed by atoms with Crippen LogP contribution >= 0.6 is 0 Å². The SMILES string of the molecule is CS(=O)(=O)c1ccc(CNC(=O)CCCC(N)=O)cc1.O=C(O)C(F)(F)F. The molecule has 0 aliphatic carbocycles. The number of nitrogens with two attached hydrogens (primary N) is 1. The summed E-state index contributed by atoms with van der Waals surface area (Å²) < 4.78 is 54.3. The smallest absolute Gasteiger partial charge is 0.475 e. The van der Waals surface area contributed by atoms with E-state index in [-0.39, 0.29) is 23.6 Å². The van der Waals surface area contributed by atoms with E-state index in [2.05, 4.69) is 5.32 Å². The summed E-state index contributed by atoms with van der Waals surface area (Å²) in [6.45, 7) is 0.319. The van der Waals surface area contributed by atoms with Gasteiger partial charge in [-0.1, -0.05) is 12.1 Å². The molecule has 152 valence electrons. The number of carbonyl (C=O) groups excluding carboxylic acids is 2. The molecular weight excluding hydrogens is 393 g/mol. The van der Waals surface area contributed by atoms with Crippen LogP contribution in [0.4, 0.5) is 13.2 Å². The van der Waals surface area contributed by atoms with Crippen LogP contribution < -0.4 is 11.1 Å². The Bertz CT molecular complexity index is 761. The highest BCUT2D eigenvalue weighted by Gasteiger charge is 2.38. The maximum atomic E-state index is 11.5. The maximum Gasteiger partial charge on any atom is 0.490 e. The monoisotopic (exact) mass is 412 g/mol. The molecule has 0 saturated carbocycles. The van der Waals surface area contributed by atoms with Crippen LogP contribution in [0.5, 0.6) is 0 Å². The summed E-state index contributed by atoms with van der Waals surface area (Å²) in [5.74, 6) is -3.35. The third kappa shape index (κ3) is 11.6. The summed E-state index contributed by atoms with van der Waals surface area (Å²) in [5, 5.41) is 9.82. The van der Waals surface area contributed by atoms with Gasteiger partial charge >= 0.3 is 12.1 Å². The third-order valence-corrected chi connectivity index (χ3v) is 4.04. The Balaban J connectivity index is 0.000000821. The number of rotatable bonds is 7. The molecule has 0 unspecified atom stereocenters. The maximum absolute atomic E-state index is 11.5. The minimum atomic E-state index is -5.08. The number of hydrogen-bond acceptors (Lipinski definition) is 5. The van der Waals surface area contributed by atoms with Crippen LogP contribution in [0.2, 0.25) is 0 Å². The lowest BCUT2D eigenvalue weighted by Gasteiger charge is -2.06. The molecule has 2 amide bonds. The molecule has 0 aromatic heterocycles. The van der Waals surface area contributed by atoms with Crippen molar-refractivity contribution in [2.24, 2.45) is 5.73 Å². The zero-order valence-corrected chi connectivity index (χ0v) is 15.1. The average molecular weight is 412 g/mol. The molecule has 1 rings (SSSR count). The molecule has 0 atom stereocenters. The zero-order valence-electron chi connectivity index (χ0n) is 14.2. The molecule has 0 heterocycles. The van der Waals surface area contributed by atoms with Gasteiger partial charge in [-0.15, -0.1) is 0 Å². The number of benzene rings is 1. The normalized spacial score (nSPS) is 11.1. The molecule has 4 N–H and O–H groups in total. The minimum Gasteiger partial charge on any atom is -0.475 e. The number of halogens is 3. The van der Waals surface area contributed by atoms with Crippen molar-refractivity contribution in [1.82, 2.24) is 5.32 Å². The van der Waals surface area contributed by atoms with Gasteiger partial charge in [0.1, 0.15) is 0 Å². The van der Waals surface area contributed by atoms with Crippen molar-refractivity contribution in [3.05, 3.63) is 29.8 Å². The second-order valence-electron chi connectivity index (χ2n) is 5.32. The Labute approximate surface area is 153 Å². The van der Waals surface area contributed by atoms with Crippen LogP contribution in [0.1, 0.15) is 24.8 Å². The number of nitrogens with one attached hydrogen (secondary N) is 1. The first-order valence-electron chi connectivity index (χ1n) is 7.37. The molecule has 0 aliphatic heterocycles. The van der Waals surface area contributed by atoms with Gasteiger partial charge in [0.05, 0.1) is 4.90 Å². The van der Waals surface area contributed by atoms with E-state index in [0.717, 1.165) is 11.8 Å². The average Bonchev–Trinajstić information content (AvgIpc) is 2.52. The first-order valence-corrected chi connectivity index (χ1v) is 9.26. The Morgan fingerprint density at radius 3 is 1.96 bits per heavy atom. The molecule has 0 bridgehead atoms. The standard InChI is InChI=1S/C13H18N2O4S.C2HF3O2/c1-20(18,19)11-7-5-10(6-8-11)9-15-13(17)4-2-3-12(14)16;3-2(4,5)1(6)7/h5-8H,2-4,9H2,1H3,(H2,14,16)(H,15,17);(H,6,7). The largest absolute Gasteiger partial charge is 0.490 e. The van der Waals surface area contributed by atoms with Crippen LogP contribution in [0.25, 0.3) is 0 Å². The topological polar surface area (TPSA) is 144 Å². The van der Waals surface area contributed by atoms with Crippen molar-refractivity contribution in [3.8, 4) is 0 Å². The van der Waals surface area contributed by atoms with Crippen molar-refractivity contribution >= 4 is 27.6 Å². The van der Waals surface area contributed by atoms with Crippen LogP contribution in [0.15, 0.2) is 29.2 Å². The van der Waals surface area contributed by atoms with Crippen molar-refractivity contribution in [3.63, 3.8) is 0 Å². The van der Waals surface area contributed by atoms with Crippen molar-refractivity contribution in [2.45, 2.75) is 36.9 Å². The van der Waals surface area contributed by atoms with E-state index in [9.17, 15) is 31.2 Å². The van der Waals surface area contributed by atoms with Gasteiger partial charge in [0, 0.05) is 25.6 Å². The molecule has 0 spiro atoms. The second kappa shape index (κ2) is 10.5. The highest BCUT2D eigenvalue weighted by molar-refractivity contribution is 7.90. The first-order chi connectivity index (χ1) is 12.2. The number of hydrogen-bond donors (Lipinski definition) is 3. The van der Waals surface area contributed by atoms with Gasteiger partial charge in [-0.3, -0.25) is 9.59 Å². The summed E-state index contributed by atoms with van der Waals surface area (Å²) >= 11 is 0. The van der Waals surface area contributed by atoms with E-state index >= 15 is 0 Å². The number of aliphatic carboxylic acids is 1. The third-order valence-electron chi connectivity index (χ3n) is 2.91. The van der Waals surface area contributed by atoms with Gasteiger partial charge in [-0.25, -0.2) is 13.2 Å². The van der Waals surface area contributed by atoms with Gasteiger partial charge < -0.3 is 16.2 Å². The van der Waals surface area contributed by atoms with E-state index in [4.69, 9.17) is 15.6 Å². The molecule has 0 fully saturated rings. The first kappa shape index (κ1) is 24.4. The lowest BCUT2D eigenvalue weighted by Crippen LogP contribution is -2.23. The minimum absolute atomic E-state index is 0.168. The van der Waals surface area contributed by atoms with Crippen LogP contribution in [-0.4, -0.2) is 43.7 Å². The number of sulfone groups is 1. The summed E-state index contributed by atoms with van der Waals surface area (Å²) in [5.41, 5.74) is 5.78. The number of carboxylic acids is 1. The fourth-order valence-electron chi connectivity index (χ4n) is 1.57. The molecule has 1 aromatic carbocycles.